The van der Waals surface area contributed by atoms with Crippen molar-refractivity contribution in [3.05, 3.63) is 29.3 Å². The van der Waals surface area contributed by atoms with E-state index in [1.54, 1.807) is 7.05 Å². The Kier molecular flexibility index (Phi) is 4.90. The fourth-order valence-electron chi connectivity index (χ4n) is 1.53. The number of nitrogens with one attached hydrogen (secondary N) is 2. The quantitative estimate of drug-likeness (QED) is 0.687. The summed E-state index contributed by atoms with van der Waals surface area (Å²) in [4.78, 5) is 11.5. The van der Waals surface area contributed by atoms with E-state index >= 15 is 0 Å². The third-order valence-corrected chi connectivity index (χ3v) is 2.69. The molecule has 1 rings (SSSR count). The Morgan fingerprint density at radius 2 is 2.18 bits per heavy atom. The average molecular weight is 251 g/mol. The lowest BCUT2D eigenvalue weighted by Gasteiger charge is -2.13. The molecule has 0 radical (unpaired) electrons. The number of rotatable bonds is 5. The Morgan fingerprint density at radius 3 is 2.76 bits per heavy atom. The van der Waals surface area contributed by atoms with Gasteiger partial charge in [-0.1, -0.05) is 24.4 Å². The van der Waals surface area contributed by atoms with Gasteiger partial charge in [-0.05, 0) is 18.6 Å². The number of hydrogen-bond acceptors (Lipinski definition) is 3. The Hall–Kier alpha value is -1.62. The minimum absolute atomic E-state index is 0.00274. The number of amides is 1. The van der Waals surface area contributed by atoms with Crippen LogP contribution < -0.4 is 16.4 Å². The summed E-state index contributed by atoms with van der Waals surface area (Å²) in [7, 11) is 1.62. The van der Waals surface area contributed by atoms with Gasteiger partial charge in [-0.3, -0.25) is 4.79 Å². The van der Waals surface area contributed by atoms with Crippen molar-refractivity contribution in [2.45, 2.75) is 13.3 Å². The molecule has 0 heterocycles. The van der Waals surface area contributed by atoms with E-state index in [2.05, 4.69) is 10.6 Å². The first-order valence-corrected chi connectivity index (χ1v) is 5.81. The maximum absolute atomic E-state index is 11.1. The van der Waals surface area contributed by atoms with Gasteiger partial charge in [-0.15, -0.1) is 0 Å². The lowest BCUT2D eigenvalue weighted by molar-refractivity contribution is -0.120. The molecule has 0 atom stereocenters. The Labute approximate surface area is 107 Å². The summed E-state index contributed by atoms with van der Waals surface area (Å²) in [6.07, 6.45) is 0.418. The van der Waals surface area contributed by atoms with Crippen LogP contribution in [-0.2, 0) is 4.79 Å². The second-order valence-electron chi connectivity index (χ2n) is 3.71. The third kappa shape index (κ3) is 3.71. The van der Waals surface area contributed by atoms with Crippen molar-refractivity contribution < 1.29 is 4.79 Å². The highest BCUT2D eigenvalue weighted by Crippen LogP contribution is 2.20. The van der Waals surface area contributed by atoms with Crippen molar-refractivity contribution in [3.63, 3.8) is 0 Å². The van der Waals surface area contributed by atoms with E-state index in [9.17, 15) is 4.79 Å². The fraction of sp³-hybridized carbons (Fsp3) is 0.333. The molecule has 17 heavy (non-hydrogen) atoms. The van der Waals surface area contributed by atoms with Gasteiger partial charge in [0.2, 0.25) is 5.91 Å². The summed E-state index contributed by atoms with van der Waals surface area (Å²) in [5.74, 6) is 0.00274. The number of carbonyl (C=O) groups excluding carboxylic acids is 1. The molecular weight excluding hydrogens is 234 g/mol. The molecular formula is C12H17N3OS. The topological polar surface area (TPSA) is 67.2 Å². The first kappa shape index (κ1) is 13.4. The van der Waals surface area contributed by atoms with E-state index in [1.165, 1.54) is 0 Å². The van der Waals surface area contributed by atoms with E-state index in [1.807, 2.05) is 25.1 Å². The van der Waals surface area contributed by atoms with Gasteiger partial charge in [0.15, 0.2) is 0 Å². The predicted octanol–water partition coefficient (Wildman–Crippen LogP) is 1.18. The summed E-state index contributed by atoms with van der Waals surface area (Å²) in [5.41, 5.74) is 8.44. The van der Waals surface area contributed by atoms with Crippen LogP contribution in [0.4, 0.5) is 5.69 Å². The minimum Gasteiger partial charge on any atom is -0.389 e. The zero-order valence-electron chi connectivity index (χ0n) is 10.0. The average Bonchev–Trinajstić information content (AvgIpc) is 2.30. The van der Waals surface area contributed by atoms with Crippen LogP contribution in [0.15, 0.2) is 18.2 Å². The molecule has 1 aromatic carbocycles. The molecule has 0 saturated heterocycles. The summed E-state index contributed by atoms with van der Waals surface area (Å²) < 4.78 is 0. The van der Waals surface area contributed by atoms with E-state index in [4.69, 9.17) is 18.0 Å². The molecule has 0 aromatic heterocycles. The number of aryl methyl sites for hydroxylation is 1. The number of para-hydroxylation sites is 1. The standard InChI is InChI=1S/C12H17N3OS/c1-8-4-3-5-9(12(13)17)11(8)15-7-6-10(16)14-2/h3-5,15H,6-7H2,1-2H3,(H2,13,17)(H,14,16). The van der Waals surface area contributed by atoms with Gasteiger partial charge >= 0.3 is 0 Å². The van der Waals surface area contributed by atoms with E-state index in [-0.39, 0.29) is 5.91 Å². The molecule has 0 aliphatic heterocycles. The zero-order chi connectivity index (χ0) is 12.8. The van der Waals surface area contributed by atoms with Crippen LogP contribution in [0.2, 0.25) is 0 Å². The van der Waals surface area contributed by atoms with E-state index < -0.39 is 0 Å². The first-order chi connectivity index (χ1) is 8.06. The monoisotopic (exact) mass is 251 g/mol. The smallest absolute Gasteiger partial charge is 0.221 e. The Bertz CT molecular complexity index is 432. The zero-order valence-corrected chi connectivity index (χ0v) is 10.9. The second kappa shape index (κ2) is 6.20. The first-order valence-electron chi connectivity index (χ1n) is 5.40. The van der Waals surface area contributed by atoms with Crippen LogP contribution >= 0.6 is 12.2 Å². The highest BCUT2D eigenvalue weighted by Gasteiger charge is 2.07. The molecule has 0 bridgehead atoms. The molecule has 0 aliphatic rings. The van der Waals surface area contributed by atoms with Gasteiger partial charge in [-0.2, -0.15) is 0 Å². The van der Waals surface area contributed by atoms with E-state index in [0.29, 0.717) is 18.0 Å². The Balaban J connectivity index is 2.76. The van der Waals surface area contributed by atoms with E-state index in [0.717, 1.165) is 16.8 Å². The number of carbonyl (C=O) groups is 1. The van der Waals surface area contributed by atoms with Gasteiger partial charge in [0, 0.05) is 31.3 Å². The summed E-state index contributed by atoms with van der Waals surface area (Å²) in [6.45, 7) is 2.53. The van der Waals surface area contributed by atoms with Gasteiger partial charge < -0.3 is 16.4 Å². The van der Waals surface area contributed by atoms with Crippen LogP contribution in [0.3, 0.4) is 0 Å². The van der Waals surface area contributed by atoms with Crippen LogP contribution in [0.25, 0.3) is 0 Å². The molecule has 0 unspecified atom stereocenters. The van der Waals surface area contributed by atoms with Crippen molar-refractivity contribution in [3.8, 4) is 0 Å². The molecule has 0 saturated carbocycles. The van der Waals surface area contributed by atoms with Crippen LogP contribution in [0.5, 0.6) is 0 Å². The third-order valence-electron chi connectivity index (χ3n) is 2.47. The minimum atomic E-state index is 0.00274. The van der Waals surface area contributed by atoms with Gasteiger partial charge in [0.05, 0.1) is 0 Å². The predicted molar refractivity (Wildman–Crippen MR) is 74.2 cm³/mol. The SMILES string of the molecule is CNC(=O)CCNc1c(C)cccc1C(N)=S. The molecule has 92 valence electrons. The van der Waals surface area contributed by atoms with Crippen LogP contribution in [0.1, 0.15) is 17.5 Å². The van der Waals surface area contributed by atoms with Gasteiger partial charge in [0.25, 0.3) is 0 Å². The summed E-state index contributed by atoms with van der Waals surface area (Å²) in [5, 5.41) is 5.77. The van der Waals surface area contributed by atoms with Crippen LogP contribution in [0, 0.1) is 6.92 Å². The van der Waals surface area contributed by atoms with Crippen molar-refractivity contribution >= 4 is 28.8 Å². The largest absolute Gasteiger partial charge is 0.389 e. The number of thiocarbonyl (C=S) groups is 1. The molecule has 0 spiro atoms. The highest BCUT2D eigenvalue weighted by molar-refractivity contribution is 7.80. The second-order valence-corrected chi connectivity index (χ2v) is 4.15. The maximum atomic E-state index is 11.1. The van der Waals surface area contributed by atoms with Gasteiger partial charge in [-0.25, -0.2) is 0 Å². The number of anilines is 1. The molecule has 1 amide bonds. The van der Waals surface area contributed by atoms with Crippen molar-refractivity contribution in [2.24, 2.45) is 5.73 Å². The number of hydrogen-bond donors (Lipinski definition) is 3. The number of benzene rings is 1. The lowest BCUT2D eigenvalue weighted by atomic mass is 10.1. The molecule has 0 fully saturated rings. The van der Waals surface area contributed by atoms with Crippen LogP contribution in [-0.4, -0.2) is 24.5 Å². The molecule has 4 N–H and O–H groups in total. The molecule has 1 aromatic rings. The Morgan fingerprint density at radius 1 is 1.47 bits per heavy atom. The molecule has 0 aliphatic carbocycles. The van der Waals surface area contributed by atoms with Gasteiger partial charge in [0.1, 0.15) is 4.99 Å². The maximum Gasteiger partial charge on any atom is 0.221 e. The van der Waals surface area contributed by atoms with Crippen molar-refractivity contribution in [2.75, 3.05) is 18.9 Å². The van der Waals surface area contributed by atoms with Crippen molar-refractivity contribution in [1.29, 1.82) is 0 Å². The highest BCUT2D eigenvalue weighted by atomic mass is 32.1. The lowest BCUT2D eigenvalue weighted by Crippen LogP contribution is -2.22. The summed E-state index contributed by atoms with van der Waals surface area (Å²) >= 11 is 4.99. The van der Waals surface area contributed by atoms with Crippen molar-refractivity contribution in [1.82, 2.24) is 5.32 Å². The normalized spacial score (nSPS) is 9.76. The number of nitrogens with two attached hydrogens (primary N) is 1. The molecule has 4 nitrogen and oxygen atoms in total. The fourth-order valence-corrected chi connectivity index (χ4v) is 1.70. The summed E-state index contributed by atoms with van der Waals surface area (Å²) in [6, 6.07) is 5.76. The molecule has 5 heteroatoms.